The van der Waals surface area contributed by atoms with E-state index in [2.05, 4.69) is 15.5 Å². The summed E-state index contributed by atoms with van der Waals surface area (Å²) in [4.78, 5) is 12.0. The molecule has 0 radical (unpaired) electrons. The number of carbonyl (C=O) groups is 1. The highest BCUT2D eigenvalue weighted by Gasteiger charge is 2.08. The van der Waals surface area contributed by atoms with E-state index in [1.54, 1.807) is 40.1 Å². The van der Waals surface area contributed by atoms with Gasteiger partial charge in [-0.05, 0) is 11.6 Å². The number of nitrogens with zero attached hydrogens (tertiary/aromatic N) is 4. The summed E-state index contributed by atoms with van der Waals surface area (Å²) >= 11 is 0. The first-order valence-corrected chi connectivity index (χ1v) is 6.64. The Balaban J connectivity index is 1.66. The average molecular weight is 281 g/mol. The number of aromatic nitrogens is 4. The molecule has 0 saturated carbocycles. The normalized spacial score (nSPS) is 10.5. The second-order valence-corrected chi connectivity index (χ2v) is 4.61. The zero-order chi connectivity index (χ0) is 14.5. The number of benzene rings is 1. The van der Waals surface area contributed by atoms with Crippen LogP contribution in [-0.4, -0.2) is 25.5 Å². The quantitative estimate of drug-likeness (QED) is 0.775. The van der Waals surface area contributed by atoms with Crippen molar-refractivity contribution in [3.05, 3.63) is 66.6 Å². The van der Waals surface area contributed by atoms with Gasteiger partial charge in [-0.2, -0.15) is 10.2 Å². The molecular weight excluding hydrogens is 266 g/mol. The minimum Gasteiger partial charge on any atom is -0.309 e. The molecule has 0 aliphatic rings. The second-order valence-electron chi connectivity index (χ2n) is 4.61. The van der Waals surface area contributed by atoms with Gasteiger partial charge >= 0.3 is 0 Å². The maximum atomic E-state index is 12.0. The molecule has 0 aliphatic carbocycles. The average Bonchev–Trinajstić information content (AvgIpc) is 3.13. The number of carbonyl (C=O) groups excluding carboxylic acids is 1. The molecule has 6 nitrogen and oxygen atoms in total. The van der Waals surface area contributed by atoms with Gasteiger partial charge in [-0.1, -0.05) is 30.3 Å². The third kappa shape index (κ3) is 3.36. The lowest BCUT2D eigenvalue weighted by Gasteiger charge is -2.09. The summed E-state index contributed by atoms with van der Waals surface area (Å²) in [6.07, 6.45) is 5.07. The predicted molar refractivity (Wildman–Crippen MR) is 78.6 cm³/mol. The molecule has 0 fully saturated rings. The molecule has 1 aromatic carbocycles. The van der Waals surface area contributed by atoms with Gasteiger partial charge in [0, 0.05) is 18.5 Å². The number of hydrogen-bond acceptors (Lipinski definition) is 3. The Morgan fingerprint density at radius 3 is 2.67 bits per heavy atom. The fraction of sp³-hybridized carbons (Fsp3) is 0.133. The van der Waals surface area contributed by atoms with E-state index in [0.29, 0.717) is 12.4 Å². The van der Waals surface area contributed by atoms with E-state index < -0.39 is 0 Å². The van der Waals surface area contributed by atoms with E-state index in [0.717, 1.165) is 5.56 Å². The highest BCUT2D eigenvalue weighted by molar-refractivity contribution is 5.89. The summed E-state index contributed by atoms with van der Waals surface area (Å²) in [5.74, 6) is 0.546. The summed E-state index contributed by atoms with van der Waals surface area (Å²) < 4.78 is 3.34. The van der Waals surface area contributed by atoms with Crippen molar-refractivity contribution in [3.8, 4) is 0 Å². The summed E-state index contributed by atoms with van der Waals surface area (Å²) in [5, 5.41) is 11.1. The number of rotatable bonds is 5. The van der Waals surface area contributed by atoms with Crippen molar-refractivity contribution < 1.29 is 4.79 Å². The topological polar surface area (TPSA) is 64.7 Å². The van der Waals surface area contributed by atoms with Gasteiger partial charge in [-0.3, -0.25) is 9.48 Å². The van der Waals surface area contributed by atoms with Gasteiger partial charge in [-0.25, -0.2) is 4.68 Å². The van der Waals surface area contributed by atoms with Crippen LogP contribution in [-0.2, 0) is 17.9 Å². The van der Waals surface area contributed by atoms with Crippen molar-refractivity contribution >= 4 is 11.7 Å². The van der Waals surface area contributed by atoms with Crippen molar-refractivity contribution in [2.45, 2.75) is 13.1 Å². The molecule has 0 spiro atoms. The molecule has 6 heteroatoms. The molecule has 0 bridgehead atoms. The Morgan fingerprint density at radius 2 is 1.90 bits per heavy atom. The molecule has 0 unspecified atom stereocenters. The SMILES string of the molecule is O=C(Cn1cccn1)Nc1ccnn1Cc1ccccc1. The molecule has 3 aromatic rings. The molecule has 0 aliphatic heterocycles. The molecular formula is C15H15N5O. The van der Waals surface area contributed by atoms with Crippen LogP contribution < -0.4 is 5.32 Å². The van der Waals surface area contributed by atoms with Crippen molar-refractivity contribution in [2.24, 2.45) is 0 Å². The minimum absolute atomic E-state index is 0.131. The van der Waals surface area contributed by atoms with Crippen molar-refractivity contribution in [2.75, 3.05) is 5.32 Å². The highest BCUT2D eigenvalue weighted by Crippen LogP contribution is 2.10. The first-order chi connectivity index (χ1) is 10.3. The molecule has 106 valence electrons. The van der Waals surface area contributed by atoms with Crippen LogP contribution in [0.25, 0.3) is 0 Å². The van der Waals surface area contributed by atoms with Gasteiger partial charge in [0.1, 0.15) is 12.4 Å². The van der Waals surface area contributed by atoms with Gasteiger partial charge in [0.2, 0.25) is 5.91 Å². The van der Waals surface area contributed by atoms with Gasteiger partial charge in [0.15, 0.2) is 0 Å². The van der Waals surface area contributed by atoms with Crippen molar-refractivity contribution in [1.29, 1.82) is 0 Å². The molecule has 3 rings (SSSR count). The monoisotopic (exact) mass is 281 g/mol. The van der Waals surface area contributed by atoms with E-state index in [-0.39, 0.29) is 12.5 Å². The molecule has 2 heterocycles. The molecule has 21 heavy (non-hydrogen) atoms. The molecule has 0 saturated heterocycles. The van der Waals surface area contributed by atoms with Crippen LogP contribution in [0.1, 0.15) is 5.56 Å². The lowest BCUT2D eigenvalue weighted by molar-refractivity contribution is -0.116. The first kappa shape index (κ1) is 13.1. The molecule has 0 atom stereocenters. The Hall–Kier alpha value is -2.89. The van der Waals surface area contributed by atoms with Crippen LogP contribution in [0.3, 0.4) is 0 Å². The number of anilines is 1. The fourth-order valence-corrected chi connectivity index (χ4v) is 2.04. The molecule has 1 N–H and O–H groups in total. The molecule has 2 aromatic heterocycles. The highest BCUT2D eigenvalue weighted by atomic mass is 16.2. The van der Waals surface area contributed by atoms with E-state index in [9.17, 15) is 4.79 Å². The van der Waals surface area contributed by atoms with Gasteiger partial charge in [0.05, 0.1) is 12.7 Å². The summed E-state index contributed by atoms with van der Waals surface area (Å²) in [5.41, 5.74) is 1.13. The van der Waals surface area contributed by atoms with E-state index in [1.165, 1.54) is 0 Å². The van der Waals surface area contributed by atoms with Crippen molar-refractivity contribution in [3.63, 3.8) is 0 Å². The van der Waals surface area contributed by atoms with Crippen LogP contribution >= 0.6 is 0 Å². The number of nitrogens with one attached hydrogen (secondary N) is 1. The number of amides is 1. The van der Waals surface area contributed by atoms with Gasteiger partial charge in [0.25, 0.3) is 0 Å². The van der Waals surface area contributed by atoms with Crippen LogP contribution in [0.4, 0.5) is 5.82 Å². The minimum atomic E-state index is -0.131. The molecule has 1 amide bonds. The van der Waals surface area contributed by atoms with Crippen LogP contribution in [0.15, 0.2) is 61.1 Å². The van der Waals surface area contributed by atoms with E-state index in [1.807, 2.05) is 30.3 Å². The largest absolute Gasteiger partial charge is 0.309 e. The Bertz CT molecular complexity index is 703. The zero-order valence-electron chi connectivity index (χ0n) is 11.4. The third-order valence-electron chi connectivity index (χ3n) is 3.02. The van der Waals surface area contributed by atoms with E-state index in [4.69, 9.17) is 0 Å². The van der Waals surface area contributed by atoms with Crippen molar-refractivity contribution in [1.82, 2.24) is 19.6 Å². The summed E-state index contributed by atoms with van der Waals surface area (Å²) in [6, 6.07) is 13.5. The second kappa shape index (κ2) is 6.04. The van der Waals surface area contributed by atoms with Crippen LogP contribution in [0.2, 0.25) is 0 Å². The standard InChI is InChI=1S/C15H15N5O/c21-15(12-19-10-4-8-16-19)18-14-7-9-17-20(14)11-13-5-2-1-3-6-13/h1-10H,11-12H2,(H,18,21). The Morgan fingerprint density at radius 1 is 1.05 bits per heavy atom. The lowest BCUT2D eigenvalue weighted by Crippen LogP contribution is -2.21. The first-order valence-electron chi connectivity index (χ1n) is 6.64. The predicted octanol–water partition coefficient (Wildman–Crippen LogP) is 1.77. The Kier molecular flexibility index (Phi) is 3.77. The number of hydrogen-bond donors (Lipinski definition) is 1. The fourth-order valence-electron chi connectivity index (χ4n) is 2.04. The van der Waals surface area contributed by atoms with Gasteiger partial charge in [-0.15, -0.1) is 0 Å². The smallest absolute Gasteiger partial charge is 0.247 e. The summed E-state index contributed by atoms with van der Waals surface area (Å²) in [7, 11) is 0. The summed E-state index contributed by atoms with van der Waals surface area (Å²) in [6.45, 7) is 0.800. The van der Waals surface area contributed by atoms with Crippen LogP contribution in [0.5, 0.6) is 0 Å². The van der Waals surface area contributed by atoms with Gasteiger partial charge < -0.3 is 5.32 Å². The van der Waals surface area contributed by atoms with E-state index >= 15 is 0 Å². The van der Waals surface area contributed by atoms with Crippen LogP contribution in [0, 0.1) is 0 Å². The third-order valence-corrected chi connectivity index (χ3v) is 3.02. The maximum Gasteiger partial charge on any atom is 0.247 e. The lowest BCUT2D eigenvalue weighted by atomic mass is 10.2. The zero-order valence-corrected chi connectivity index (χ0v) is 11.4. The maximum absolute atomic E-state index is 12.0. The Labute approximate surface area is 122 Å².